The standard InChI is InChI=1S/C19H19N5O3/c1-14-2-7-18-20-17(13-23(18)12-14)19(25)22-10-8-21(9-11-22)15-3-5-16(6-4-15)24(26)27/h2-7,12-13H,8-11H2,1H3. The van der Waals surface area contributed by atoms with Gasteiger partial charge in [-0.15, -0.1) is 0 Å². The van der Waals surface area contributed by atoms with Gasteiger partial charge in [-0.1, -0.05) is 6.07 Å². The first-order valence-electron chi connectivity index (χ1n) is 8.75. The SMILES string of the molecule is Cc1ccc2nc(C(=O)N3CCN(c4ccc([N+](=O)[O-])cc4)CC3)cn2c1. The number of pyridine rings is 1. The van der Waals surface area contributed by atoms with Crippen molar-refractivity contribution in [2.24, 2.45) is 0 Å². The second-order valence-electron chi connectivity index (χ2n) is 6.65. The molecular formula is C19H19N5O3. The van der Waals surface area contributed by atoms with E-state index in [1.807, 2.05) is 29.7 Å². The van der Waals surface area contributed by atoms with Crippen LogP contribution in [0.5, 0.6) is 0 Å². The summed E-state index contributed by atoms with van der Waals surface area (Å²) in [6.07, 6.45) is 3.72. The summed E-state index contributed by atoms with van der Waals surface area (Å²) in [5.41, 5.74) is 3.32. The predicted octanol–water partition coefficient (Wildman–Crippen LogP) is 2.51. The van der Waals surface area contributed by atoms with Gasteiger partial charge in [0.2, 0.25) is 0 Å². The fourth-order valence-corrected chi connectivity index (χ4v) is 3.32. The molecule has 138 valence electrons. The van der Waals surface area contributed by atoms with Crippen LogP contribution in [0, 0.1) is 17.0 Å². The van der Waals surface area contributed by atoms with Gasteiger partial charge in [0, 0.05) is 56.4 Å². The van der Waals surface area contributed by atoms with Crippen LogP contribution >= 0.6 is 0 Å². The molecule has 8 nitrogen and oxygen atoms in total. The van der Waals surface area contributed by atoms with Gasteiger partial charge in [-0.2, -0.15) is 0 Å². The Morgan fingerprint density at radius 3 is 2.41 bits per heavy atom. The van der Waals surface area contributed by atoms with Crippen LogP contribution < -0.4 is 4.90 Å². The normalized spacial score (nSPS) is 14.6. The number of nitro benzene ring substituents is 1. The van der Waals surface area contributed by atoms with Gasteiger partial charge < -0.3 is 14.2 Å². The number of hydrogen-bond donors (Lipinski definition) is 0. The minimum absolute atomic E-state index is 0.0697. The molecule has 3 aromatic rings. The molecule has 0 unspecified atom stereocenters. The Morgan fingerprint density at radius 2 is 1.74 bits per heavy atom. The molecule has 2 aromatic heterocycles. The van der Waals surface area contributed by atoms with Crippen LogP contribution in [0.4, 0.5) is 11.4 Å². The zero-order valence-electron chi connectivity index (χ0n) is 14.9. The molecule has 1 saturated heterocycles. The van der Waals surface area contributed by atoms with E-state index in [1.165, 1.54) is 12.1 Å². The lowest BCUT2D eigenvalue weighted by molar-refractivity contribution is -0.384. The first kappa shape index (κ1) is 17.0. The van der Waals surface area contributed by atoms with Gasteiger partial charge in [-0.3, -0.25) is 14.9 Å². The van der Waals surface area contributed by atoms with Gasteiger partial charge in [0.25, 0.3) is 11.6 Å². The highest BCUT2D eigenvalue weighted by Crippen LogP contribution is 2.21. The minimum atomic E-state index is -0.406. The van der Waals surface area contributed by atoms with Crippen LogP contribution in [0.15, 0.2) is 48.8 Å². The van der Waals surface area contributed by atoms with Crippen molar-refractivity contribution >= 4 is 22.9 Å². The van der Waals surface area contributed by atoms with E-state index in [4.69, 9.17) is 0 Å². The van der Waals surface area contributed by atoms with Crippen LogP contribution in [0.1, 0.15) is 16.1 Å². The van der Waals surface area contributed by atoms with Crippen molar-refractivity contribution in [3.63, 3.8) is 0 Å². The highest BCUT2D eigenvalue weighted by molar-refractivity contribution is 5.93. The summed E-state index contributed by atoms with van der Waals surface area (Å²) < 4.78 is 1.87. The van der Waals surface area contributed by atoms with E-state index in [1.54, 1.807) is 23.2 Å². The van der Waals surface area contributed by atoms with Crippen molar-refractivity contribution in [2.45, 2.75) is 6.92 Å². The molecule has 0 spiro atoms. The first-order chi connectivity index (χ1) is 13.0. The molecule has 27 heavy (non-hydrogen) atoms. The second kappa shape index (κ2) is 6.71. The molecule has 3 heterocycles. The Labute approximate surface area is 155 Å². The van der Waals surface area contributed by atoms with Crippen LogP contribution in [-0.4, -0.2) is 51.3 Å². The Bertz CT molecular complexity index is 1000. The summed E-state index contributed by atoms with van der Waals surface area (Å²) in [6.45, 7) is 4.52. The van der Waals surface area contributed by atoms with E-state index in [-0.39, 0.29) is 11.6 Å². The van der Waals surface area contributed by atoms with Crippen molar-refractivity contribution in [1.82, 2.24) is 14.3 Å². The van der Waals surface area contributed by atoms with Crippen molar-refractivity contribution < 1.29 is 9.72 Å². The summed E-state index contributed by atoms with van der Waals surface area (Å²) in [5.74, 6) is -0.0697. The lowest BCUT2D eigenvalue weighted by Gasteiger charge is -2.35. The molecule has 1 amide bonds. The van der Waals surface area contributed by atoms with Crippen molar-refractivity contribution in [3.05, 3.63) is 70.2 Å². The summed E-state index contributed by atoms with van der Waals surface area (Å²) >= 11 is 0. The van der Waals surface area contributed by atoms with Gasteiger partial charge in [0.1, 0.15) is 11.3 Å². The maximum Gasteiger partial charge on any atom is 0.274 e. The molecule has 0 aliphatic carbocycles. The molecule has 0 bridgehead atoms. The quantitative estimate of drug-likeness (QED) is 0.526. The average molecular weight is 365 g/mol. The van der Waals surface area contributed by atoms with Gasteiger partial charge in [-0.25, -0.2) is 4.98 Å². The van der Waals surface area contributed by atoms with E-state index in [0.717, 1.165) is 16.9 Å². The minimum Gasteiger partial charge on any atom is -0.368 e. The number of anilines is 1. The number of aryl methyl sites for hydroxylation is 1. The smallest absolute Gasteiger partial charge is 0.274 e. The topological polar surface area (TPSA) is 84.0 Å². The number of piperazine rings is 1. The Hall–Kier alpha value is -3.42. The predicted molar refractivity (Wildman–Crippen MR) is 101 cm³/mol. The van der Waals surface area contributed by atoms with Crippen LogP contribution in [0.25, 0.3) is 5.65 Å². The third-order valence-electron chi connectivity index (χ3n) is 4.81. The zero-order valence-corrected chi connectivity index (χ0v) is 14.9. The van der Waals surface area contributed by atoms with E-state index in [9.17, 15) is 14.9 Å². The molecular weight excluding hydrogens is 346 g/mol. The van der Waals surface area contributed by atoms with Gasteiger partial charge in [0.05, 0.1) is 4.92 Å². The van der Waals surface area contributed by atoms with E-state index < -0.39 is 4.92 Å². The van der Waals surface area contributed by atoms with Crippen molar-refractivity contribution in [2.75, 3.05) is 31.1 Å². The van der Waals surface area contributed by atoms with E-state index >= 15 is 0 Å². The molecule has 0 N–H and O–H groups in total. The summed E-state index contributed by atoms with van der Waals surface area (Å²) in [7, 11) is 0. The number of rotatable bonds is 3. The number of aromatic nitrogens is 2. The third kappa shape index (κ3) is 3.33. The summed E-state index contributed by atoms with van der Waals surface area (Å²) in [4.78, 5) is 31.5. The average Bonchev–Trinajstić information content (AvgIpc) is 3.11. The number of benzene rings is 1. The fraction of sp³-hybridized carbons (Fsp3) is 0.263. The molecule has 1 aromatic carbocycles. The molecule has 1 fully saturated rings. The number of imidazole rings is 1. The number of hydrogen-bond acceptors (Lipinski definition) is 5. The number of carbonyl (C=O) groups excluding carboxylic acids is 1. The van der Waals surface area contributed by atoms with Gasteiger partial charge >= 0.3 is 0 Å². The highest BCUT2D eigenvalue weighted by Gasteiger charge is 2.24. The van der Waals surface area contributed by atoms with E-state index in [0.29, 0.717) is 31.9 Å². The Balaban J connectivity index is 1.43. The molecule has 4 rings (SSSR count). The van der Waals surface area contributed by atoms with E-state index in [2.05, 4.69) is 9.88 Å². The van der Waals surface area contributed by atoms with Gasteiger partial charge in [-0.05, 0) is 30.7 Å². The number of amides is 1. The third-order valence-corrected chi connectivity index (χ3v) is 4.81. The van der Waals surface area contributed by atoms with Crippen LogP contribution in [-0.2, 0) is 0 Å². The molecule has 0 radical (unpaired) electrons. The summed E-state index contributed by atoms with van der Waals surface area (Å²) in [6, 6.07) is 10.4. The zero-order chi connectivity index (χ0) is 19.0. The largest absolute Gasteiger partial charge is 0.368 e. The van der Waals surface area contributed by atoms with Crippen LogP contribution in [0.3, 0.4) is 0 Å². The number of nitrogens with zero attached hydrogens (tertiary/aromatic N) is 5. The highest BCUT2D eigenvalue weighted by atomic mass is 16.6. The van der Waals surface area contributed by atoms with Crippen molar-refractivity contribution in [3.8, 4) is 0 Å². The Kier molecular flexibility index (Phi) is 4.23. The maximum atomic E-state index is 12.8. The molecule has 1 aliphatic rings. The molecule has 8 heteroatoms. The maximum absolute atomic E-state index is 12.8. The first-order valence-corrected chi connectivity index (χ1v) is 8.75. The molecule has 0 saturated carbocycles. The second-order valence-corrected chi connectivity index (χ2v) is 6.65. The molecule has 0 atom stereocenters. The Morgan fingerprint density at radius 1 is 1.04 bits per heavy atom. The fourth-order valence-electron chi connectivity index (χ4n) is 3.32. The molecule has 1 aliphatic heterocycles. The monoisotopic (exact) mass is 365 g/mol. The number of non-ortho nitro benzene ring substituents is 1. The lowest BCUT2D eigenvalue weighted by Crippen LogP contribution is -2.48. The lowest BCUT2D eigenvalue weighted by atomic mass is 10.2. The van der Waals surface area contributed by atoms with Crippen LogP contribution in [0.2, 0.25) is 0 Å². The van der Waals surface area contributed by atoms with Gasteiger partial charge in [0.15, 0.2) is 0 Å². The summed E-state index contributed by atoms with van der Waals surface area (Å²) in [5, 5.41) is 10.8. The number of nitro groups is 1. The number of carbonyl (C=O) groups is 1. The van der Waals surface area contributed by atoms with Crippen molar-refractivity contribution in [1.29, 1.82) is 0 Å². The number of fused-ring (bicyclic) bond motifs is 1.